The highest BCUT2D eigenvalue weighted by molar-refractivity contribution is 14.0. The number of aliphatic carboxylic acids is 1. The zero-order chi connectivity index (χ0) is 73.8. The van der Waals surface area contributed by atoms with Crippen LogP contribution in [0.5, 0.6) is 0 Å². The molecule has 25 nitrogen and oxygen atoms in total. The van der Waals surface area contributed by atoms with Gasteiger partial charge in [0, 0.05) is 32.2 Å². The third-order valence-corrected chi connectivity index (χ3v) is 13.3. The minimum absolute atomic E-state index is 0. The topological polar surface area (TPSA) is 370 Å². The number of cyclic esters (lactones) is 2. The fourth-order valence-corrected chi connectivity index (χ4v) is 7.79. The van der Waals surface area contributed by atoms with Gasteiger partial charge in [-0.25, -0.2) is 14.4 Å². The maximum atomic E-state index is 11.3. The van der Waals surface area contributed by atoms with Crippen molar-refractivity contribution in [2.45, 2.75) is 145 Å². The van der Waals surface area contributed by atoms with Crippen LogP contribution in [0, 0.1) is 0 Å². The number of rotatable bonds is 26. The first-order valence-electron chi connectivity index (χ1n) is 31.1. The molecule has 2 amide bonds. The normalized spacial score (nSPS) is 16.5. The number of ketones is 3. The van der Waals surface area contributed by atoms with Crippen LogP contribution in [-0.4, -0.2) is 184 Å². The first kappa shape index (κ1) is 103. The van der Waals surface area contributed by atoms with Crippen molar-refractivity contribution in [3.8, 4) is 0 Å². The molecule has 5 aromatic rings. The molecule has 5 aromatic carbocycles. The summed E-state index contributed by atoms with van der Waals surface area (Å²) in [5, 5.41) is 49.1. The third-order valence-electron chi connectivity index (χ3n) is 12.5. The summed E-state index contributed by atoms with van der Waals surface area (Å²) in [5.41, 5.74) is 10.7. The predicted molar refractivity (Wildman–Crippen MR) is 410 cm³/mol. The van der Waals surface area contributed by atoms with Gasteiger partial charge in [-0.05, 0) is 104 Å². The van der Waals surface area contributed by atoms with Crippen molar-refractivity contribution in [2.24, 2.45) is 5.73 Å². The Balaban J connectivity index is -0.00000112. The van der Waals surface area contributed by atoms with Crippen molar-refractivity contribution in [1.29, 1.82) is 0 Å². The molecule has 104 heavy (non-hydrogen) atoms. The van der Waals surface area contributed by atoms with Gasteiger partial charge >= 0.3 is 32.3 Å². The maximum absolute atomic E-state index is 11.3. The number of carbonyl (C=O) groups is 7. The van der Waals surface area contributed by atoms with Gasteiger partial charge in [0.15, 0.2) is 0 Å². The average molecular weight is 1720 g/mol. The van der Waals surface area contributed by atoms with E-state index in [4.69, 9.17) is 141 Å². The van der Waals surface area contributed by atoms with Crippen LogP contribution < -0.4 is 16.4 Å². The predicted octanol–water partition coefficient (Wildman–Crippen LogP) is 12.7. The summed E-state index contributed by atoms with van der Waals surface area (Å²) in [7, 11) is 0. The number of aliphatic hydroxyl groups excluding tert-OH is 4. The van der Waals surface area contributed by atoms with E-state index in [-0.39, 0.29) is 134 Å². The quantitative estimate of drug-likeness (QED) is 0.00636. The lowest BCUT2D eigenvalue weighted by atomic mass is 10.1. The van der Waals surface area contributed by atoms with Gasteiger partial charge in [0.25, 0.3) is 0 Å². The third kappa shape index (κ3) is 61.8. The van der Waals surface area contributed by atoms with Crippen molar-refractivity contribution in [3.63, 3.8) is 0 Å². The number of hydrogen-bond acceptors (Lipinski definition) is 22. The van der Waals surface area contributed by atoms with Crippen LogP contribution in [-0.2, 0) is 99.6 Å². The first-order chi connectivity index (χ1) is 47.8. The van der Waals surface area contributed by atoms with Crippen LogP contribution in [0.25, 0.3) is 0 Å². The molecule has 1 saturated carbocycles. The van der Waals surface area contributed by atoms with Gasteiger partial charge < -0.3 is 89.3 Å². The number of amides is 2. The molecule has 4 heterocycles. The number of benzene rings is 5. The van der Waals surface area contributed by atoms with E-state index in [1.807, 2.05) is 140 Å². The van der Waals surface area contributed by atoms with Gasteiger partial charge in [-0.2, -0.15) is 0 Å². The number of nitrogens with one attached hydrogen (secondary N) is 2. The molecule has 1 aliphatic carbocycles. The van der Waals surface area contributed by atoms with Crippen LogP contribution >= 0.6 is 105 Å². The zero-order valence-electron chi connectivity index (χ0n) is 55.0. The smallest absolute Gasteiger partial charge is 0.481 e. The van der Waals surface area contributed by atoms with Crippen molar-refractivity contribution >= 4 is 147 Å². The van der Waals surface area contributed by atoms with E-state index in [1.54, 1.807) is 0 Å². The molecule has 586 valence electrons. The number of alkyl carbamates (subject to hydrolysis) is 2. The summed E-state index contributed by atoms with van der Waals surface area (Å²) in [5.74, 6) is -0.255. The fourth-order valence-electron chi connectivity index (χ4n) is 7.24. The van der Waals surface area contributed by atoms with Gasteiger partial charge in [-0.1, -0.05) is 174 Å². The molecular formula is C71H99Cl7IN3O22. The minimum Gasteiger partial charge on any atom is -0.481 e. The molecule has 5 fully saturated rings. The summed E-state index contributed by atoms with van der Waals surface area (Å²) in [6, 6.07) is 49.0. The summed E-state index contributed by atoms with van der Waals surface area (Å²) in [6.45, 7) is 6.82. The molecule has 0 aromatic heterocycles. The van der Waals surface area contributed by atoms with E-state index in [0.717, 1.165) is 42.1 Å². The second-order valence-electron chi connectivity index (χ2n) is 21.3. The fraction of sp³-hybridized carbons (Fsp3) is 0.479. The standard InChI is InChI=1S/C15H20O5.C11H13NO3.C10H15NO2.C10H12O2.C7H8O.C5H6O2.C4H7NO3.C3Cl6O3.C3H5ClO.3CH4.HI/c16-13(8-9-15(18)19)6-7-14(17)11-20-10-12-4-2-1-3-5-12;13-11-12-6-10(15-11)8-14-7-9-4-2-1-3-5-9;11-6-10(12)8-13-7-9-4-2-1-3-5-9;1-2-4-9(5-3-1)6-11-7-10-8-12-10;8-6-7-4-2-1-3-5-7;6-4-1-2-5(7)3-4;6-2-3-1-5-4(7)8-3;4-2(5,6)11-1(10)12-3(7,8)9;4-1-3-2-5-3;;;;/h1-5,14,17H,6-11H2,(H,18,19);1-5,10H,6-8H2,(H,12,13);1-5,10,12H,6-8,11H2;1-5,10H,6-8H2;1-5,8H,6H2;1-3H2;3,6H,1-2H2,(H,5,7);;3H,1-2H2;3*1H4;1H. The van der Waals surface area contributed by atoms with Gasteiger partial charge in [0.1, 0.15) is 35.7 Å². The Morgan fingerprint density at radius 3 is 1.14 bits per heavy atom. The van der Waals surface area contributed by atoms with Crippen molar-refractivity contribution in [1.82, 2.24) is 10.6 Å². The average Bonchev–Trinajstić information content (AvgIpc) is 1.41. The monoisotopic (exact) mass is 1720 g/mol. The molecule has 4 saturated heterocycles. The molecule has 0 bridgehead atoms. The van der Waals surface area contributed by atoms with Crippen LogP contribution in [0.2, 0.25) is 0 Å². The number of halogens is 8. The van der Waals surface area contributed by atoms with Crippen LogP contribution in [0.1, 0.15) is 95.0 Å². The van der Waals surface area contributed by atoms with E-state index in [1.165, 1.54) is 5.56 Å². The van der Waals surface area contributed by atoms with Crippen molar-refractivity contribution in [3.05, 3.63) is 179 Å². The molecule has 9 N–H and O–H groups in total. The number of alkyl halides is 7. The summed E-state index contributed by atoms with van der Waals surface area (Å²) < 4.78 is 44.1. The number of nitrogens with two attached hydrogens (primary N) is 1. The lowest BCUT2D eigenvalue weighted by molar-refractivity contribution is -0.138. The van der Waals surface area contributed by atoms with E-state index in [0.29, 0.717) is 90.1 Å². The molecule has 6 unspecified atom stereocenters. The van der Waals surface area contributed by atoms with Crippen molar-refractivity contribution in [2.75, 3.05) is 71.8 Å². The Morgan fingerprint density at radius 2 is 0.875 bits per heavy atom. The van der Waals surface area contributed by atoms with E-state index in [9.17, 15) is 38.7 Å². The number of carboxylic acid groups (broad SMARTS) is 1. The van der Waals surface area contributed by atoms with Gasteiger partial charge in [0.2, 0.25) is 0 Å². The Labute approximate surface area is 661 Å². The van der Waals surface area contributed by atoms with Gasteiger partial charge in [-0.3, -0.25) is 19.2 Å². The first-order valence-corrected chi connectivity index (χ1v) is 33.9. The van der Waals surface area contributed by atoms with E-state index >= 15 is 0 Å². The molecule has 5 aliphatic rings. The highest BCUT2D eigenvalue weighted by atomic mass is 127. The van der Waals surface area contributed by atoms with Crippen LogP contribution in [0.15, 0.2) is 152 Å². The number of carbonyl (C=O) groups excluding carboxylic acids is 6. The molecule has 0 spiro atoms. The van der Waals surface area contributed by atoms with Crippen LogP contribution in [0.3, 0.4) is 0 Å². The number of Topliss-reactive ketones (excluding diaryl/α,β-unsaturated/α-hetero) is 3. The van der Waals surface area contributed by atoms with E-state index in [2.05, 4.69) is 37.0 Å². The summed E-state index contributed by atoms with van der Waals surface area (Å²) >= 11 is 35.5. The Hall–Kier alpha value is -5.29. The SMILES string of the molecule is C.C.C.ClCC1CO1.I.NCC(O)COCc1ccccc1.O=C(O)CCC(=O)CCC(O)COCc1ccccc1.O=C(OC(Cl)(Cl)Cl)OC(Cl)(Cl)Cl.O=C1CCC(=O)C1.O=C1NCC(CO)O1.O=C1NCC(COCc2ccccc2)O1.OCc1ccccc1.c1ccc(COCC2CO2)cc1. The lowest BCUT2D eigenvalue weighted by Crippen LogP contribution is -2.24. The number of epoxide rings is 2. The largest absolute Gasteiger partial charge is 0.515 e. The summed E-state index contributed by atoms with van der Waals surface area (Å²) in [4.78, 5) is 73.5. The molecule has 33 heteroatoms. The highest BCUT2D eigenvalue weighted by Crippen LogP contribution is 2.32. The second-order valence-corrected chi connectivity index (χ2v) is 26.0. The van der Waals surface area contributed by atoms with E-state index < -0.39 is 38.4 Å². The van der Waals surface area contributed by atoms with Crippen molar-refractivity contribution < 1.29 is 106 Å². The summed E-state index contributed by atoms with van der Waals surface area (Å²) in [6.07, 6.45) is -1.66. The molecule has 6 atom stereocenters. The van der Waals surface area contributed by atoms with Crippen LogP contribution in [0.4, 0.5) is 14.4 Å². The highest BCUT2D eigenvalue weighted by Gasteiger charge is 2.33. The molecule has 0 radical (unpaired) electrons. The zero-order valence-corrected chi connectivity index (χ0v) is 62.6. The molecule has 4 aliphatic heterocycles. The Kier molecular flexibility index (Phi) is 62.0. The Morgan fingerprint density at radius 1 is 0.519 bits per heavy atom. The number of carboxylic acids is 1. The minimum atomic E-state index is -2.24. The molecular weight excluding hydrogens is 1620 g/mol. The number of aliphatic hydroxyl groups is 4. The van der Waals surface area contributed by atoms with Gasteiger partial charge in [0.05, 0.1) is 129 Å². The maximum Gasteiger partial charge on any atom is 0.515 e. The number of ether oxygens (including phenoxy) is 10. The molecule has 10 rings (SSSR count). The van der Waals surface area contributed by atoms with Gasteiger partial charge in [-0.15, -0.1) is 35.6 Å². The lowest BCUT2D eigenvalue weighted by Gasteiger charge is -2.15. The second kappa shape index (κ2) is 62.7. The Bertz CT molecular complexity index is 2980. The number of hydrogen-bond donors (Lipinski definition) is 8.